The van der Waals surface area contributed by atoms with Crippen molar-refractivity contribution in [2.24, 2.45) is 16.7 Å². The Morgan fingerprint density at radius 3 is 2.25 bits per heavy atom. The third-order valence-corrected chi connectivity index (χ3v) is 10.3. The van der Waals surface area contributed by atoms with Crippen LogP contribution >= 0.6 is 11.6 Å². The fourth-order valence-corrected chi connectivity index (χ4v) is 6.97. The summed E-state index contributed by atoms with van der Waals surface area (Å²) in [6.45, 7) is 19.5. The molecule has 1 unspecified atom stereocenters. The van der Waals surface area contributed by atoms with E-state index >= 15 is 0 Å². The Morgan fingerprint density at radius 1 is 1.00 bits per heavy atom. The number of carbonyl (C=O) groups is 2. The summed E-state index contributed by atoms with van der Waals surface area (Å²) >= 11 is 6.35. The van der Waals surface area contributed by atoms with Crippen LogP contribution in [0.2, 0.25) is 5.02 Å². The summed E-state index contributed by atoms with van der Waals surface area (Å²) in [7, 11) is 0. The van der Waals surface area contributed by atoms with Crippen molar-refractivity contribution in [2.75, 3.05) is 31.1 Å². The number of aliphatic hydroxyl groups excluding tert-OH is 1. The molecule has 1 aromatic rings. The lowest BCUT2D eigenvalue weighted by Crippen LogP contribution is -2.56. The molecule has 2 saturated heterocycles. The molecule has 40 heavy (non-hydrogen) atoms. The van der Waals surface area contributed by atoms with E-state index in [4.69, 9.17) is 11.6 Å². The van der Waals surface area contributed by atoms with E-state index in [2.05, 4.69) is 56.6 Å². The van der Waals surface area contributed by atoms with E-state index in [-0.39, 0.29) is 35.2 Å². The summed E-state index contributed by atoms with van der Waals surface area (Å²) in [6, 6.07) is 6.27. The van der Waals surface area contributed by atoms with E-state index in [1.54, 1.807) is 6.92 Å². The normalized spacial score (nSPS) is 24.9. The number of likely N-dealkylation sites (tertiary alicyclic amines) is 1. The molecule has 0 radical (unpaired) electrons. The first-order valence-corrected chi connectivity index (χ1v) is 15.7. The molecular weight excluding hydrogens is 522 g/mol. The highest BCUT2D eigenvalue weighted by Gasteiger charge is 2.46. The van der Waals surface area contributed by atoms with Gasteiger partial charge in [-0.2, -0.15) is 0 Å². The van der Waals surface area contributed by atoms with Gasteiger partial charge in [0.25, 0.3) is 0 Å². The van der Waals surface area contributed by atoms with E-state index in [1.807, 2.05) is 24.8 Å². The minimum absolute atomic E-state index is 0.00181. The van der Waals surface area contributed by atoms with Gasteiger partial charge in [0.15, 0.2) is 0 Å². The Hall–Kier alpha value is -1.79. The number of hydrogen-bond donors (Lipinski definition) is 1. The van der Waals surface area contributed by atoms with Crippen LogP contribution in [0.15, 0.2) is 18.2 Å². The highest BCUT2D eigenvalue weighted by Crippen LogP contribution is 2.41. The second-order valence-electron chi connectivity index (χ2n) is 15.1. The van der Waals surface area contributed by atoms with Crippen LogP contribution in [-0.4, -0.2) is 71.1 Å². The molecule has 0 bridgehead atoms. The minimum Gasteiger partial charge on any atom is -0.392 e. The van der Waals surface area contributed by atoms with Gasteiger partial charge < -0.3 is 19.8 Å². The van der Waals surface area contributed by atoms with Crippen LogP contribution in [0.25, 0.3) is 0 Å². The Bertz CT molecular complexity index is 1080. The maximum absolute atomic E-state index is 14.0. The van der Waals surface area contributed by atoms with Gasteiger partial charge in [-0.1, -0.05) is 46.2 Å². The van der Waals surface area contributed by atoms with Gasteiger partial charge in [-0.15, -0.1) is 0 Å². The minimum atomic E-state index is -0.861. The lowest BCUT2D eigenvalue weighted by molar-refractivity contribution is -0.153. The van der Waals surface area contributed by atoms with Crippen LogP contribution in [0.4, 0.5) is 5.69 Å². The zero-order valence-electron chi connectivity index (χ0n) is 26.1. The lowest BCUT2D eigenvalue weighted by Gasteiger charge is -2.46. The van der Waals surface area contributed by atoms with Crippen LogP contribution in [0, 0.1) is 16.7 Å². The summed E-state index contributed by atoms with van der Waals surface area (Å²) in [5.74, 6) is 0.190. The zero-order valence-corrected chi connectivity index (χ0v) is 26.9. The van der Waals surface area contributed by atoms with Crippen molar-refractivity contribution in [3.63, 3.8) is 0 Å². The standard InChI is InChI=1S/C33H52ClN3O3/c1-22(38)33(7,8)30(40)37(25-11-15-32(5,6)16-12-25)26-14-18-36(21-26)29(39)23-13-17-35(20-23)28-10-9-24(34)19-27(28)31(2,3)4/h9-10,19,22-23,25-26,38H,11-18,20-21H2,1-8H3/t22?,23-,26-/m0/s1. The molecule has 3 fully saturated rings. The third kappa shape index (κ3) is 6.48. The van der Waals surface area contributed by atoms with Crippen molar-refractivity contribution in [3.8, 4) is 0 Å². The molecule has 2 amide bonds. The van der Waals surface area contributed by atoms with Crippen molar-refractivity contribution in [1.29, 1.82) is 0 Å². The molecule has 1 N–H and O–H groups in total. The number of anilines is 1. The molecule has 1 saturated carbocycles. The largest absolute Gasteiger partial charge is 0.392 e. The predicted octanol–water partition coefficient (Wildman–Crippen LogP) is 6.27. The maximum atomic E-state index is 14.0. The molecule has 2 aliphatic heterocycles. The molecule has 3 aliphatic rings. The monoisotopic (exact) mass is 573 g/mol. The second kappa shape index (κ2) is 11.5. The number of hydrogen-bond acceptors (Lipinski definition) is 4. The second-order valence-corrected chi connectivity index (χ2v) is 15.5. The van der Waals surface area contributed by atoms with Crippen LogP contribution < -0.4 is 4.90 Å². The molecule has 4 rings (SSSR count). The van der Waals surface area contributed by atoms with Crippen LogP contribution in [0.5, 0.6) is 0 Å². The molecule has 224 valence electrons. The molecule has 1 aromatic carbocycles. The molecule has 2 heterocycles. The highest BCUT2D eigenvalue weighted by atomic mass is 35.5. The van der Waals surface area contributed by atoms with Crippen molar-refractivity contribution >= 4 is 29.1 Å². The molecule has 6 nitrogen and oxygen atoms in total. The first kappa shape index (κ1) is 31.2. The Kier molecular flexibility index (Phi) is 8.94. The quantitative estimate of drug-likeness (QED) is 0.436. The van der Waals surface area contributed by atoms with Crippen molar-refractivity contribution in [1.82, 2.24) is 9.80 Å². The van der Waals surface area contributed by atoms with Gasteiger partial charge in [-0.3, -0.25) is 9.59 Å². The topological polar surface area (TPSA) is 64.1 Å². The van der Waals surface area contributed by atoms with E-state index in [0.717, 1.165) is 50.1 Å². The fraction of sp³-hybridized carbons (Fsp3) is 0.758. The lowest BCUT2D eigenvalue weighted by atomic mass is 9.74. The molecule has 0 aromatic heterocycles. The first-order chi connectivity index (χ1) is 18.5. The summed E-state index contributed by atoms with van der Waals surface area (Å²) in [5, 5.41) is 11.2. The number of aliphatic hydroxyl groups is 1. The van der Waals surface area contributed by atoms with Crippen molar-refractivity contribution < 1.29 is 14.7 Å². The van der Waals surface area contributed by atoms with E-state index < -0.39 is 11.5 Å². The number of benzene rings is 1. The smallest absolute Gasteiger partial charge is 0.231 e. The molecule has 3 atom stereocenters. The summed E-state index contributed by atoms with van der Waals surface area (Å²) in [6.07, 6.45) is 5.03. The maximum Gasteiger partial charge on any atom is 0.231 e. The fourth-order valence-electron chi connectivity index (χ4n) is 6.80. The number of carbonyl (C=O) groups excluding carboxylic acids is 2. The summed E-state index contributed by atoms with van der Waals surface area (Å²) in [4.78, 5) is 34.2. The SMILES string of the molecule is CC(O)C(C)(C)C(=O)N(C1CCC(C)(C)CC1)[C@H]1CCN(C(=O)[C@H]2CCN(c3ccc(Cl)cc3C(C)(C)C)C2)C1. The van der Waals surface area contributed by atoms with Gasteiger partial charge in [-0.05, 0) is 93.9 Å². The number of rotatable bonds is 6. The summed E-state index contributed by atoms with van der Waals surface area (Å²) < 4.78 is 0. The average molecular weight is 574 g/mol. The molecule has 1 aliphatic carbocycles. The van der Waals surface area contributed by atoms with Gasteiger partial charge in [0, 0.05) is 42.9 Å². The van der Waals surface area contributed by atoms with Gasteiger partial charge in [-0.25, -0.2) is 0 Å². The van der Waals surface area contributed by atoms with Crippen molar-refractivity contribution in [3.05, 3.63) is 28.8 Å². The summed E-state index contributed by atoms with van der Waals surface area (Å²) in [5.41, 5.74) is 1.77. The Morgan fingerprint density at radius 2 is 1.65 bits per heavy atom. The average Bonchev–Trinajstić information content (AvgIpc) is 3.54. The van der Waals surface area contributed by atoms with E-state index in [0.29, 0.717) is 25.0 Å². The van der Waals surface area contributed by atoms with Crippen LogP contribution in [0.1, 0.15) is 99.5 Å². The number of amides is 2. The van der Waals surface area contributed by atoms with Crippen LogP contribution in [0.3, 0.4) is 0 Å². The number of halogens is 1. The Labute approximate surface area is 247 Å². The molecule has 7 heteroatoms. The van der Waals surface area contributed by atoms with Gasteiger partial charge in [0.2, 0.25) is 11.8 Å². The van der Waals surface area contributed by atoms with Crippen LogP contribution in [-0.2, 0) is 15.0 Å². The number of nitrogens with zero attached hydrogens (tertiary/aromatic N) is 3. The Balaban J connectivity index is 1.47. The van der Waals surface area contributed by atoms with Gasteiger partial charge in [0.05, 0.1) is 23.5 Å². The first-order valence-electron chi connectivity index (χ1n) is 15.4. The zero-order chi connectivity index (χ0) is 29.6. The van der Waals surface area contributed by atoms with Crippen molar-refractivity contribution in [2.45, 2.75) is 118 Å². The van der Waals surface area contributed by atoms with E-state index in [9.17, 15) is 14.7 Å². The van der Waals surface area contributed by atoms with E-state index in [1.165, 1.54) is 11.3 Å². The third-order valence-electron chi connectivity index (χ3n) is 10.0. The van der Waals surface area contributed by atoms with Gasteiger partial charge >= 0.3 is 0 Å². The highest BCUT2D eigenvalue weighted by molar-refractivity contribution is 6.30. The molecule has 0 spiro atoms. The van der Waals surface area contributed by atoms with Gasteiger partial charge in [0.1, 0.15) is 0 Å². The molecular formula is C33H52ClN3O3. The predicted molar refractivity (Wildman–Crippen MR) is 164 cm³/mol.